The van der Waals surface area contributed by atoms with E-state index < -0.39 is 4.92 Å². The summed E-state index contributed by atoms with van der Waals surface area (Å²) in [5.74, 6) is 1.54. The van der Waals surface area contributed by atoms with Gasteiger partial charge >= 0.3 is 5.82 Å². The van der Waals surface area contributed by atoms with Crippen LogP contribution in [-0.4, -0.2) is 24.7 Å². The van der Waals surface area contributed by atoms with E-state index in [2.05, 4.69) is 34.3 Å². The van der Waals surface area contributed by atoms with Gasteiger partial charge in [0.15, 0.2) is 5.82 Å². The Morgan fingerprint density at radius 1 is 1.41 bits per heavy atom. The molecule has 0 saturated carbocycles. The standard InChI is InChI=1S/C14H15N5O2S/c1-8(2)6-10-7-22-14-12(10)13(15-9(3)16-14)18-5-4-11(17-18)19(20)21/h4-5,7-8H,6H2,1-3H3. The fourth-order valence-electron chi connectivity index (χ4n) is 2.37. The van der Waals surface area contributed by atoms with Crippen molar-refractivity contribution in [3.63, 3.8) is 0 Å². The molecule has 3 heterocycles. The molecule has 0 N–H and O–H groups in total. The van der Waals surface area contributed by atoms with Gasteiger partial charge in [0.25, 0.3) is 0 Å². The van der Waals surface area contributed by atoms with E-state index >= 15 is 0 Å². The van der Waals surface area contributed by atoms with E-state index in [0.29, 0.717) is 17.6 Å². The van der Waals surface area contributed by atoms with Gasteiger partial charge in [-0.2, -0.15) is 0 Å². The average Bonchev–Trinajstić information content (AvgIpc) is 3.05. The molecule has 8 heteroatoms. The summed E-state index contributed by atoms with van der Waals surface area (Å²) >= 11 is 1.57. The third-order valence-electron chi connectivity index (χ3n) is 3.21. The summed E-state index contributed by atoms with van der Waals surface area (Å²) in [7, 11) is 0. The Balaban J connectivity index is 2.21. The summed E-state index contributed by atoms with van der Waals surface area (Å²) < 4.78 is 1.46. The zero-order chi connectivity index (χ0) is 15.9. The minimum absolute atomic E-state index is 0.190. The molecule has 0 bridgehead atoms. The minimum Gasteiger partial charge on any atom is -0.358 e. The van der Waals surface area contributed by atoms with Gasteiger partial charge in [0, 0.05) is 0 Å². The fourth-order valence-corrected chi connectivity index (χ4v) is 3.36. The van der Waals surface area contributed by atoms with Gasteiger partial charge in [-0.05, 0) is 35.1 Å². The highest BCUT2D eigenvalue weighted by Crippen LogP contribution is 2.30. The van der Waals surface area contributed by atoms with Crippen LogP contribution in [0.25, 0.3) is 16.0 Å². The molecule has 0 aromatic carbocycles. The largest absolute Gasteiger partial charge is 0.390 e. The zero-order valence-corrected chi connectivity index (χ0v) is 13.3. The summed E-state index contributed by atoms with van der Waals surface area (Å²) in [6.45, 7) is 6.11. The molecule has 0 radical (unpaired) electrons. The first-order valence-electron chi connectivity index (χ1n) is 6.91. The minimum atomic E-state index is -0.510. The molecule has 0 spiro atoms. The van der Waals surface area contributed by atoms with E-state index in [1.165, 1.54) is 10.7 Å². The average molecular weight is 317 g/mol. The van der Waals surface area contributed by atoms with Gasteiger partial charge in [0.05, 0.1) is 22.7 Å². The van der Waals surface area contributed by atoms with Crippen molar-refractivity contribution in [2.75, 3.05) is 0 Å². The quantitative estimate of drug-likeness (QED) is 0.544. The number of fused-ring (bicyclic) bond motifs is 1. The van der Waals surface area contributed by atoms with Crippen molar-refractivity contribution < 1.29 is 4.92 Å². The molecular formula is C14H15N5O2S. The van der Waals surface area contributed by atoms with E-state index in [0.717, 1.165) is 22.2 Å². The van der Waals surface area contributed by atoms with Crippen molar-refractivity contribution in [3.05, 3.63) is 39.1 Å². The smallest absolute Gasteiger partial charge is 0.358 e. The van der Waals surface area contributed by atoms with Crippen molar-refractivity contribution in [2.45, 2.75) is 27.2 Å². The molecule has 0 unspecified atom stereocenters. The summed E-state index contributed by atoms with van der Waals surface area (Å²) in [6.07, 6.45) is 2.47. The van der Waals surface area contributed by atoms with Crippen LogP contribution < -0.4 is 0 Å². The number of nitro groups is 1. The predicted octanol–water partition coefficient (Wildman–Crippen LogP) is 3.29. The number of aryl methyl sites for hydroxylation is 1. The van der Waals surface area contributed by atoms with Crippen molar-refractivity contribution in [1.29, 1.82) is 0 Å². The normalized spacial score (nSPS) is 11.5. The van der Waals surface area contributed by atoms with Crippen LogP contribution in [0.15, 0.2) is 17.6 Å². The molecule has 0 aliphatic heterocycles. The lowest BCUT2D eigenvalue weighted by molar-refractivity contribution is -0.389. The molecule has 0 aliphatic carbocycles. The van der Waals surface area contributed by atoms with Gasteiger partial charge in [0.1, 0.15) is 10.7 Å². The third-order valence-corrected chi connectivity index (χ3v) is 4.13. The number of rotatable bonds is 4. The van der Waals surface area contributed by atoms with Crippen LogP contribution in [0.2, 0.25) is 0 Å². The molecule has 22 heavy (non-hydrogen) atoms. The predicted molar refractivity (Wildman–Crippen MR) is 84.5 cm³/mol. The highest BCUT2D eigenvalue weighted by atomic mass is 32.1. The maximum atomic E-state index is 10.8. The number of hydrogen-bond donors (Lipinski definition) is 0. The van der Waals surface area contributed by atoms with Crippen molar-refractivity contribution in [2.24, 2.45) is 5.92 Å². The van der Waals surface area contributed by atoms with Crippen LogP contribution in [0, 0.1) is 23.0 Å². The molecule has 0 aliphatic rings. The van der Waals surface area contributed by atoms with Crippen molar-refractivity contribution >= 4 is 27.4 Å². The topological polar surface area (TPSA) is 86.7 Å². The van der Waals surface area contributed by atoms with Crippen molar-refractivity contribution in [3.8, 4) is 5.82 Å². The molecule has 0 saturated heterocycles. The lowest BCUT2D eigenvalue weighted by Crippen LogP contribution is -2.04. The van der Waals surface area contributed by atoms with Crippen LogP contribution >= 0.6 is 11.3 Å². The van der Waals surface area contributed by atoms with Crippen LogP contribution in [-0.2, 0) is 6.42 Å². The molecule has 0 fully saturated rings. The molecule has 0 atom stereocenters. The highest BCUT2D eigenvalue weighted by molar-refractivity contribution is 7.17. The summed E-state index contributed by atoms with van der Waals surface area (Å²) in [4.78, 5) is 20.1. The number of aromatic nitrogens is 4. The number of nitrogens with zero attached hydrogens (tertiary/aromatic N) is 5. The SMILES string of the molecule is Cc1nc(-n2ccc([N+](=O)[O-])n2)c2c(CC(C)C)csc2n1. The van der Waals surface area contributed by atoms with E-state index in [9.17, 15) is 10.1 Å². The second kappa shape index (κ2) is 5.45. The first-order valence-corrected chi connectivity index (χ1v) is 7.79. The Bertz CT molecular complexity index is 852. The molecule has 7 nitrogen and oxygen atoms in total. The molecule has 114 valence electrons. The van der Waals surface area contributed by atoms with E-state index in [-0.39, 0.29) is 5.82 Å². The summed E-state index contributed by atoms with van der Waals surface area (Å²) in [6, 6.07) is 1.37. The van der Waals surface area contributed by atoms with Crippen LogP contribution in [0.4, 0.5) is 5.82 Å². The molecule has 3 aromatic rings. The summed E-state index contributed by atoms with van der Waals surface area (Å²) in [5, 5.41) is 17.9. The first-order chi connectivity index (χ1) is 10.5. The Labute approximate surface area is 130 Å². The van der Waals surface area contributed by atoms with E-state index in [4.69, 9.17) is 0 Å². The van der Waals surface area contributed by atoms with Crippen LogP contribution in [0.3, 0.4) is 0 Å². The maximum absolute atomic E-state index is 10.8. The van der Waals surface area contributed by atoms with Crippen LogP contribution in [0.5, 0.6) is 0 Å². The number of thiophene rings is 1. The van der Waals surface area contributed by atoms with E-state index in [1.807, 2.05) is 6.92 Å². The molecular weight excluding hydrogens is 302 g/mol. The van der Waals surface area contributed by atoms with Gasteiger partial charge < -0.3 is 10.1 Å². The first kappa shape index (κ1) is 14.6. The Morgan fingerprint density at radius 2 is 2.18 bits per heavy atom. The van der Waals surface area contributed by atoms with Crippen molar-refractivity contribution in [1.82, 2.24) is 19.7 Å². The number of hydrogen-bond acceptors (Lipinski definition) is 6. The Hall–Kier alpha value is -2.35. The maximum Gasteiger partial charge on any atom is 0.390 e. The van der Waals surface area contributed by atoms with Gasteiger partial charge in [-0.3, -0.25) is 0 Å². The fraction of sp³-hybridized carbons (Fsp3) is 0.357. The van der Waals surface area contributed by atoms with Gasteiger partial charge in [-0.1, -0.05) is 13.8 Å². The molecule has 3 aromatic heterocycles. The lowest BCUT2D eigenvalue weighted by Gasteiger charge is -2.06. The second-order valence-electron chi connectivity index (χ2n) is 5.51. The molecule has 0 amide bonds. The summed E-state index contributed by atoms with van der Waals surface area (Å²) in [5.41, 5.74) is 1.16. The van der Waals surface area contributed by atoms with E-state index in [1.54, 1.807) is 17.5 Å². The van der Waals surface area contributed by atoms with Gasteiger partial charge in [0.2, 0.25) is 0 Å². The van der Waals surface area contributed by atoms with Gasteiger partial charge in [-0.25, -0.2) is 9.97 Å². The monoisotopic (exact) mass is 317 g/mol. The lowest BCUT2D eigenvalue weighted by atomic mass is 10.0. The molecule has 3 rings (SSSR count). The second-order valence-corrected chi connectivity index (χ2v) is 6.37. The van der Waals surface area contributed by atoms with Crippen LogP contribution in [0.1, 0.15) is 25.2 Å². The Kier molecular flexibility index (Phi) is 3.61. The highest BCUT2D eigenvalue weighted by Gasteiger charge is 2.19. The third kappa shape index (κ3) is 2.57. The van der Waals surface area contributed by atoms with Gasteiger partial charge in [-0.15, -0.1) is 16.0 Å². The zero-order valence-electron chi connectivity index (χ0n) is 12.5. The Morgan fingerprint density at radius 3 is 2.82 bits per heavy atom.